The van der Waals surface area contributed by atoms with Gasteiger partial charge in [-0.15, -0.1) is 0 Å². The minimum Gasteiger partial charge on any atom is -0.394 e. The zero-order valence-corrected chi connectivity index (χ0v) is 35.0. The van der Waals surface area contributed by atoms with Gasteiger partial charge in [0.2, 0.25) is 0 Å². The van der Waals surface area contributed by atoms with E-state index in [2.05, 4.69) is 34.6 Å². The van der Waals surface area contributed by atoms with Gasteiger partial charge < -0.3 is 74.7 Å². The lowest BCUT2D eigenvalue weighted by Gasteiger charge is -2.71. The molecule has 0 aromatic rings. The van der Waals surface area contributed by atoms with E-state index in [4.69, 9.17) is 23.7 Å². The summed E-state index contributed by atoms with van der Waals surface area (Å²) in [7, 11) is 0. The molecule has 0 radical (unpaired) electrons. The van der Waals surface area contributed by atoms with Gasteiger partial charge in [-0.25, -0.2) is 0 Å². The third kappa shape index (κ3) is 6.54. The van der Waals surface area contributed by atoms with Crippen LogP contribution in [0.5, 0.6) is 0 Å². The summed E-state index contributed by atoms with van der Waals surface area (Å²) in [5.74, 6) is -0.400. The molecule has 7 rings (SSSR count). The first-order chi connectivity index (χ1) is 26.3. The Balaban J connectivity index is 1.24. The summed E-state index contributed by atoms with van der Waals surface area (Å²) in [4.78, 5) is 0. The molecule has 0 bridgehead atoms. The molecular weight excluding hydrogens is 744 g/mol. The summed E-state index contributed by atoms with van der Waals surface area (Å²) in [5.41, 5.74) is -5.18. The van der Waals surface area contributed by atoms with E-state index in [0.29, 0.717) is 38.5 Å². The third-order valence-electron chi connectivity index (χ3n) is 17.7. The van der Waals surface area contributed by atoms with Crippen molar-refractivity contribution in [3.05, 3.63) is 0 Å². The molecular formula is C42H72O15. The number of rotatable bonds is 8. The van der Waals surface area contributed by atoms with Crippen molar-refractivity contribution in [1.29, 1.82) is 0 Å². The average molecular weight is 817 g/mol. The van der Waals surface area contributed by atoms with E-state index >= 15 is 0 Å². The van der Waals surface area contributed by atoms with Crippen LogP contribution in [-0.2, 0) is 23.7 Å². The summed E-state index contributed by atoms with van der Waals surface area (Å²) >= 11 is 0. The van der Waals surface area contributed by atoms with E-state index in [1.54, 1.807) is 13.8 Å². The fourth-order valence-corrected chi connectivity index (χ4v) is 14.1. The Hall–Kier alpha value is -0.600. The number of hydrogen-bond acceptors (Lipinski definition) is 15. The Morgan fingerprint density at radius 2 is 1.19 bits per heavy atom. The summed E-state index contributed by atoms with van der Waals surface area (Å²) in [6.45, 7) is 15.5. The van der Waals surface area contributed by atoms with Gasteiger partial charge in [-0.05, 0) is 112 Å². The lowest BCUT2D eigenvalue weighted by atomic mass is 9.35. The van der Waals surface area contributed by atoms with E-state index in [-0.39, 0.29) is 22.7 Å². The molecule has 330 valence electrons. The van der Waals surface area contributed by atoms with Crippen LogP contribution < -0.4 is 0 Å². The van der Waals surface area contributed by atoms with Crippen molar-refractivity contribution in [2.24, 2.45) is 39.4 Å². The molecule has 10 N–H and O–H groups in total. The van der Waals surface area contributed by atoms with Gasteiger partial charge >= 0.3 is 0 Å². The standard InChI is InChI=1S/C42H72O15/c1-36(2)23-9-13-39(6)24(38(23,5)12-10-25(36)56-35-32(50)30(48)28(46)22(19-44)55-35)17-20(53-34-31(49)29(47)27(45)21(18-43)54-34)33-40(39,7)15-16-42(33,52)41(8)14-11-26(57-41)37(3,4)51/h20-35,43-52H,9-19H2,1-8H3/t20-,21-,22-,23+,24-,25-,26-,27-,28-,29+,30+,31-,32-,33+,34-,35+,38+,39-,40-,41+,42-/m1/s1. The van der Waals surface area contributed by atoms with Crippen LogP contribution in [0.25, 0.3) is 0 Å². The van der Waals surface area contributed by atoms with Crippen LogP contribution in [0.2, 0.25) is 0 Å². The molecule has 15 nitrogen and oxygen atoms in total. The Kier molecular flexibility index (Phi) is 11.5. The van der Waals surface area contributed by atoms with E-state index in [0.717, 1.165) is 19.3 Å². The zero-order chi connectivity index (χ0) is 42.1. The largest absolute Gasteiger partial charge is 0.394 e. The SMILES string of the molecule is CC(C)(O)[C@H]1CC[C@@](C)([C@@]2(O)CC[C@]3(C)[C@@H]2[C@H](O[C@@H]2O[C@H](CO)[C@@H](O)[C@H](O)[C@H]2O)C[C@@H]2[C@@]4(C)CC[C@@H](O[C@@H]5O[C@H](CO)[C@@H](O)[C@H](O)[C@H]5O)C(C)(C)[C@@H]4CC[C@]23C)O1. The first-order valence-corrected chi connectivity index (χ1v) is 21.4. The van der Waals surface area contributed by atoms with Gasteiger partial charge in [0.15, 0.2) is 12.6 Å². The maximum atomic E-state index is 13.3. The number of ether oxygens (including phenoxy) is 5. The topological polar surface area (TPSA) is 248 Å². The molecule has 3 heterocycles. The summed E-state index contributed by atoms with van der Waals surface area (Å²) in [6.07, 6.45) is -10.3. The maximum Gasteiger partial charge on any atom is 0.186 e. The minimum atomic E-state index is -1.64. The Morgan fingerprint density at radius 3 is 1.72 bits per heavy atom. The van der Waals surface area contributed by atoms with E-state index in [9.17, 15) is 51.1 Å². The minimum absolute atomic E-state index is 0.0242. The Labute approximate surface area is 336 Å². The van der Waals surface area contributed by atoms with Crippen molar-refractivity contribution in [2.75, 3.05) is 13.2 Å². The third-order valence-corrected chi connectivity index (χ3v) is 17.7. The van der Waals surface area contributed by atoms with Crippen molar-refractivity contribution in [1.82, 2.24) is 0 Å². The van der Waals surface area contributed by atoms with Gasteiger partial charge in [0.25, 0.3) is 0 Å². The van der Waals surface area contributed by atoms with Crippen LogP contribution in [0.1, 0.15) is 113 Å². The molecule has 0 amide bonds. The van der Waals surface area contributed by atoms with Crippen molar-refractivity contribution in [3.8, 4) is 0 Å². The second-order valence-corrected chi connectivity index (χ2v) is 21.2. The molecule has 15 heteroatoms. The van der Waals surface area contributed by atoms with E-state index in [1.165, 1.54) is 0 Å². The normalized spacial score (nSPS) is 56.5. The van der Waals surface area contributed by atoms with Crippen LogP contribution >= 0.6 is 0 Å². The van der Waals surface area contributed by atoms with Gasteiger partial charge in [-0.2, -0.15) is 0 Å². The maximum absolute atomic E-state index is 13.3. The molecule has 7 fully saturated rings. The molecule has 0 spiro atoms. The van der Waals surface area contributed by atoms with Gasteiger partial charge in [0.1, 0.15) is 48.8 Å². The zero-order valence-electron chi connectivity index (χ0n) is 35.0. The Morgan fingerprint density at radius 1 is 0.632 bits per heavy atom. The molecule has 0 aromatic heterocycles. The Bertz CT molecular complexity index is 1460. The fraction of sp³-hybridized carbons (Fsp3) is 1.00. The first-order valence-electron chi connectivity index (χ1n) is 21.4. The van der Waals surface area contributed by atoms with Crippen LogP contribution in [0, 0.1) is 39.4 Å². The lowest BCUT2D eigenvalue weighted by Crippen LogP contribution is -2.71. The van der Waals surface area contributed by atoms with Crippen LogP contribution in [0.4, 0.5) is 0 Å². The first kappa shape index (κ1) is 44.5. The average Bonchev–Trinajstić information content (AvgIpc) is 3.70. The summed E-state index contributed by atoms with van der Waals surface area (Å²) in [5, 5.41) is 109. The fourth-order valence-electron chi connectivity index (χ4n) is 14.1. The van der Waals surface area contributed by atoms with Crippen LogP contribution in [0.3, 0.4) is 0 Å². The van der Waals surface area contributed by atoms with Crippen molar-refractivity contribution < 1.29 is 74.7 Å². The monoisotopic (exact) mass is 816 g/mol. The summed E-state index contributed by atoms with van der Waals surface area (Å²) in [6, 6.07) is 0. The van der Waals surface area contributed by atoms with Gasteiger partial charge in [0, 0.05) is 5.92 Å². The molecule has 0 aromatic carbocycles. The number of hydrogen-bond donors (Lipinski definition) is 10. The van der Waals surface area contributed by atoms with E-state index < -0.39 is 126 Å². The van der Waals surface area contributed by atoms with Gasteiger partial charge in [-0.3, -0.25) is 0 Å². The number of fused-ring (bicyclic) bond motifs is 5. The highest BCUT2D eigenvalue weighted by Gasteiger charge is 2.76. The smallest absolute Gasteiger partial charge is 0.186 e. The second kappa shape index (κ2) is 14.8. The predicted octanol–water partition coefficient (Wildman–Crippen LogP) is 0.475. The molecule has 4 saturated carbocycles. The van der Waals surface area contributed by atoms with Gasteiger partial charge in [-0.1, -0.05) is 34.6 Å². The summed E-state index contributed by atoms with van der Waals surface area (Å²) < 4.78 is 31.8. The molecule has 3 saturated heterocycles. The van der Waals surface area contributed by atoms with Crippen LogP contribution in [-0.4, -0.2) is 161 Å². The molecule has 57 heavy (non-hydrogen) atoms. The molecule has 4 aliphatic carbocycles. The highest BCUT2D eigenvalue weighted by Crippen LogP contribution is 2.77. The van der Waals surface area contributed by atoms with Crippen molar-refractivity contribution in [2.45, 2.75) is 210 Å². The molecule has 3 aliphatic heterocycles. The molecule has 7 aliphatic rings. The second-order valence-electron chi connectivity index (χ2n) is 21.2. The van der Waals surface area contributed by atoms with Crippen molar-refractivity contribution >= 4 is 0 Å². The highest BCUT2D eigenvalue weighted by molar-refractivity contribution is 5.25. The molecule has 0 unspecified atom stereocenters. The molecule has 21 atom stereocenters. The highest BCUT2D eigenvalue weighted by atomic mass is 16.7. The van der Waals surface area contributed by atoms with Crippen molar-refractivity contribution in [3.63, 3.8) is 0 Å². The van der Waals surface area contributed by atoms with Crippen LogP contribution in [0.15, 0.2) is 0 Å². The lowest BCUT2D eigenvalue weighted by molar-refractivity contribution is -0.349. The quantitative estimate of drug-likeness (QED) is 0.150. The number of aliphatic hydroxyl groups is 10. The number of aliphatic hydroxyl groups excluding tert-OH is 8. The van der Waals surface area contributed by atoms with E-state index in [1.807, 2.05) is 6.92 Å². The van der Waals surface area contributed by atoms with Gasteiger partial charge in [0.05, 0.1) is 48.3 Å². The predicted molar refractivity (Wildman–Crippen MR) is 202 cm³/mol.